The summed E-state index contributed by atoms with van der Waals surface area (Å²) in [7, 11) is 4.31. The summed E-state index contributed by atoms with van der Waals surface area (Å²) in [6.07, 6.45) is 7.40. The van der Waals surface area contributed by atoms with E-state index in [9.17, 15) is 4.79 Å². The number of nitrogens with zero attached hydrogens (tertiary/aromatic N) is 1. The van der Waals surface area contributed by atoms with E-state index in [-0.39, 0.29) is 17.5 Å². The van der Waals surface area contributed by atoms with Gasteiger partial charge < -0.3 is 15.5 Å². The molecule has 0 aliphatic heterocycles. The summed E-state index contributed by atoms with van der Waals surface area (Å²) < 4.78 is 0. The molecule has 0 heterocycles. The Morgan fingerprint density at radius 2 is 1.94 bits per heavy atom. The first-order valence-corrected chi connectivity index (χ1v) is 7.25. The molecule has 2 aliphatic carbocycles. The van der Waals surface area contributed by atoms with Crippen LogP contribution >= 0.6 is 0 Å². The van der Waals surface area contributed by atoms with Crippen LogP contribution in [0.1, 0.15) is 45.4 Å². The Hall–Kier alpha value is -0.610. The molecule has 2 saturated carbocycles. The fourth-order valence-electron chi connectivity index (χ4n) is 2.80. The second kappa shape index (κ2) is 5.57. The first-order chi connectivity index (χ1) is 8.53. The zero-order chi connectivity index (χ0) is 13.2. The Labute approximate surface area is 110 Å². The molecular weight excluding hydrogens is 226 g/mol. The molecule has 0 bridgehead atoms. The maximum absolute atomic E-state index is 11.9. The highest BCUT2D eigenvalue weighted by atomic mass is 16.2. The van der Waals surface area contributed by atoms with Crippen LogP contribution in [-0.2, 0) is 4.79 Å². The van der Waals surface area contributed by atoms with Crippen LogP contribution in [0.4, 0.5) is 0 Å². The predicted octanol–water partition coefficient (Wildman–Crippen LogP) is 1.12. The van der Waals surface area contributed by atoms with Gasteiger partial charge in [-0.3, -0.25) is 4.79 Å². The van der Waals surface area contributed by atoms with Gasteiger partial charge in [-0.25, -0.2) is 0 Å². The number of likely N-dealkylation sites (N-methyl/N-ethyl adjacent to an activating group) is 1. The molecule has 1 atom stereocenters. The van der Waals surface area contributed by atoms with Gasteiger partial charge in [-0.05, 0) is 46.7 Å². The van der Waals surface area contributed by atoms with Crippen LogP contribution in [0.5, 0.6) is 0 Å². The summed E-state index contributed by atoms with van der Waals surface area (Å²) in [6, 6.07) is 0.374. The van der Waals surface area contributed by atoms with Gasteiger partial charge >= 0.3 is 0 Å². The predicted molar refractivity (Wildman–Crippen MR) is 73.5 cm³/mol. The SMILES string of the molecule is CC(NCC1(N(C)C)CCCC1)C(=O)NC1CC1. The van der Waals surface area contributed by atoms with Crippen LogP contribution in [0.25, 0.3) is 0 Å². The van der Waals surface area contributed by atoms with Crippen LogP contribution in [0.3, 0.4) is 0 Å². The number of hydrogen-bond acceptors (Lipinski definition) is 3. The van der Waals surface area contributed by atoms with Gasteiger partial charge in [0.25, 0.3) is 0 Å². The monoisotopic (exact) mass is 253 g/mol. The maximum atomic E-state index is 11.9. The Balaban J connectivity index is 1.79. The van der Waals surface area contributed by atoms with E-state index in [0.717, 1.165) is 19.4 Å². The van der Waals surface area contributed by atoms with Crippen molar-refractivity contribution in [1.82, 2.24) is 15.5 Å². The van der Waals surface area contributed by atoms with E-state index in [1.54, 1.807) is 0 Å². The summed E-state index contributed by atoms with van der Waals surface area (Å²) in [5.74, 6) is 0.157. The largest absolute Gasteiger partial charge is 0.352 e. The van der Waals surface area contributed by atoms with Crippen molar-refractivity contribution in [2.45, 2.75) is 63.1 Å². The molecule has 0 saturated heterocycles. The molecular formula is C14H27N3O. The summed E-state index contributed by atoms with van der Waals surface area (Å²) >= 11 is 0. The van der Waals surface area contributed by atoms with Gasteiger partial charge in [-0.2, -0.15) is 0 Å². The van der Waals surface area contributed by atoms with E-state index in [2.05, 4.69) is 29.6 Å². The summed E-state index contributed by atoms with van der Waals surface area (Å²) in [4.78, 5) is 14.2. The van der Waals surface area contributed by atoms with Crippen LogP contribution in [-0.4, -0.2) is 49.1 Å². The molecule has 2 fully saturated rings. The highest BCUT2D eigenvalue weighted by molar-refractivity contribution is 5.81. The van der Waals surface area contributed by atoms with Crippen molar-refractivity contribution in [3.8, 4) is 0 Å². The molecule has 18 heavy (non-hydrogen) atoms. The third-order valence-corrected chi connectivity index (χ3v) is 4.54. The second-order valence-electron chi connectivity index (χ2n) is 6.21. The van der Waals surface area contributed by atoms with Crippen LogP contribution in [0.2, 0.25) is 0 Å². The Morgan fingerprint density at radius 1 is 1.33 bits per heavy atom. The Kier molecular flexibility index (Phi) is 4.28. The third kappa shape index (κ3) is 3.23. The van der Waals surface area contributed by atoms with Crippen LogP contribution < -0.4 is 10.6 Å². The third-order valence-electron chi connectivity index (χ3n) is 4.54. The van der Waals surface area contributed by atoms with E-state index in [1.165, 1.54) is 25.7 Å². The van der Waals surface area contributed by atoms with Crippen molar-refractivity contribution < 1.29 is 4.79 Å². The molecule has 4 heteroatoms. The van der Waals surface area contributed by atoms with Crippen molar-refractivity contribution in [3.05, 3.63) is 0 Å². The molecule has 2 rings (SSSR count). The molecule has 0 aromatic carbocycles. The van der Waals surface area contributed by atoms with Crippen molar-refractivity contribution in [3.63, 3.8) is 0 Å². The molecule has 2 aliphatic rings. The maximum Gasteiger partial charge on any atom is 0.237 e. The average molecular weight is 253 g/mol. The Bertz CT molecular complexity index is 293. The van der Waals surface area contributed by atoms with Crippen molar-refractivity contribution in [2.75, 3.05) is 20.6 Å². The van der Waals surface area contributed by atoms with E-state index >= 15 is 0 Å². The zero-order valence-corrected chi connectivity index (χ0v) is 12.0. The summed E-state index contributed by atoms with van der Waals surface area (Å²) in [5, 5.41) is 6.48. The normalized spacial score (nSPS) is 24.2. The smallest absolute Gasteiger partial charge is 0.237 e. The minimum absolute atomic E-state index is 0.0805. The highest BCUT2D eigenvalue weighted by Crippen LogP contribution is 2.33. The van der Waals surface area contributed by atoms with E-state index in [1.807, 2.05) is 6.92 Å². The van der Waals surface area contributed by atoms with Crippen molar-refractivity contribution in [1.29, 1.82) is 0 Å². The topological polar surface area (TPSA) is 44.4 Å². The summed E-state index contributed by atoms with van der Waals surface area (Å²) in [5.41, 5.74) is 0.258. The fourth-order valence-corrected chi connectivity index (χ4v) is 2.80. The summed E-state index contributed by atoms with van der Waals surface area (Å²) in [6.45, 7) is 2.88. The minimum atomic E-state index is -0.0805. The van der Waals surface area contributed by atoms with Crippen LogP contribution in [0, 0.1) is 0 Å². The van der Waals surface area contributed by atoms with Gasteiger partial charge in [0.1, 0.15) is 0 Å². The van der Waals surface area contributed by atoms with E-state index in [0.29, 0.717) is 6.04 Å². The number of carbonyl (C=O) groups excluding carboxylic acids is 1. The van der Waals surface area contributed by atoms with Gasteiger partial charge in [0.15, 0.2) is 0 Å². The second-order valence-corrected chi connectivity index (χ2v) is 6.21. The van der Waals surface area contributed by atoms with Gasteiger partial charge in [-0.1, -0.05) is 12.8 Å². The molecule has 0 spiro atoms. The molecule has 1 unspecified atom stereocenters. The van der Waals surface area contributed by atoms with Crippen molar-refractivity contribution in [2.24, 2.45) is 0 Å². The first-order valence-electron chi connectivity index (χ1n) is 7.25. The van der Waals surface area contributed by atoms with E-state index in [4.69, 9.17) is 0 Å². The molecule has 1 amide bonds. The lowest BCUT2D eigenvalue weighted by Crippen LogP contribution is -2.54. The number of rotatable bonds is 6. The van der Waals surface area contributed by atoms with Gasteiger partial charge in [0, 0.05) is 18.1 Å². The van der Waals surface area contributed by atoms with E-state index < -0.39 is 0 Å². The van der Waals surface area contributed by atoms with Crippen LogP contribution in [0.15, 0.2) is 0 Å². The number of carbonyl (C=O) groups is 1. The van der Waals surface area contributed by atoms with Gasteiger partial charge in [0.2, 0.25) is 5.91 Å². The first kappa shape index (κ1) is 13.8. The number of amides is 1. The van der Waals surface area contributed by atoms with Gasteiger partial charge in [0.05, 0.1) is 6.04 Å². The lowest BCUT2D eigenvalue weighted by atomic mass is 9.95. The molecule has 0 aromatic heterocycles. The molecule has 104 valence electrons. The number of hydrogen-bond donors (Lipinski definition) is 2. The minimum Gasteiger partial charge on any atom is -0.352 e. The molecule has 2 N–H and O–H groups in total. The number of nitrogens with one attached hydrogen (secondary N) is 2. The molecule has 4 nitrogen and oxygen atoms in total. The van der Waals surface area contributed by atoms with Gasteiger partial charge in [-0.15, -0.1) is 0 Å². The Morgan fingerprint density at radius 3 is 2.44 bits per heavy atom. The lowest BCUT2D eigenvalue weighted by Gasteiger charge is -2.37. The highest BCUT2D eigenvalue weighted by Gasteiger charge is 2.36. The van der Waals surface area contributed by atoms with Crippen molar-refractivity contribution >= 4 is 5.91 Å². The zero-order valence-electron chi connectivity index (χ0n) is 12.0. The lowest BCUT2D eigenvalue weighted by molar-refractivity contribution is -0.123. The molecule has 0 aromatic rings. The fraction of sp³-hybridized carbons (Fsp3) is 0.929. The standard InChI is InChI=1S/C14H27N3O/c1-11(13(18)16-12-6-7-12)15-10-14(17(2)3)8-4-5-9-14/h11-12,15H,4-10H2,1-3H3,(H,16,18). The molecule has 0 radical (unpaired) electrons. The average Bonchev–Trinajstić information content (AvgIpc) is 3.01. The quantitative estimate of drug-likeness (QED) is 0.745.